The second-order valence-electron chi connectivity index (χ2n) is 5.62. The lowest BCUT2D eigenvalue weighted by Crippen LogP contribution is -2.43. The summed E-state index contributed by atoms with van der Waals surface area (Å²) in [6, 6.07) is 6.47. The normalized spacial score (nSPS) is 18.9. The number of likely N-dealkylation sites (tertiary alicyclic amines) is 1. The topological polar surface area (TPSA) is 32.3 Å². The molecule has 0 aromatic heterocycles. The second kappa shape index (κ2) is 6.78. The average Bonchev–Trinajstić information content (AvgIpc) is 2.47. The smallest absolute Gasteiger partial charge is 0.254 e. The van der Waals surface area contributed by atoms with Gasteiger partial charge in [0, 0.05) is 30.4 Å². The highest BCUT2D eigenvalue weighted by molar-refractivity contribution is 5.96. The molecule has 1 aromatic rings. The third-order valence-electron chi connectivity index (χ3n) is 4.20. The number of rotatable bonds is 4. The molecule has 0 bridgehead atoms. The number of nitrogens with one attached hydrogen (secondary N) is 1. The molecule has 1 saturated heterocycles. The first kappa shape index (κ1) is 14.9. The van der Waals surface area contributed by atoms with Crippen molar-refractivity contribution in [2.45, 2.75) is 52.5 Å². The molecule has 110 valence electrons. The minimum atomic E-state index is 0.206. The van der Waals surface area contributed by atoms with Crippen LogP contribution in [0.25, 0.3) is 0 Å². The predicted molar refractivity (Wildman–Crippen MR) is 84.3 cm³/mol. The van der Waals surface area contributed by atoms with Gasteiger partial charge < -0.3 is 10.2 Å². The Labute approximate surface area is 122 Å². The number of aryl methyl sites for hydroxylation is 1. The van der Waals surface area contributed by atoms with Crippen molar-refractivity contribution in [2.75, 3.05) is 18.4 Å². The molecule has 2 rings (SSSR count). The van der Waals surface area contributed by atoms with E-state index in [9.17, 15) is 4.79 Å². The van der Waals surface area contributed by atoms with Crippen LogP contribution in [0.4, 0.5) is 5.69 Å². The van der Waals surface area contributed by atoms with Crippen LogP contribution >= 0.6 is 0 Å². The van der Waals surface area contributed by atoms with E-state index in [0.717, 1.165) is 49.2 Å². The summed E-state index contributed by atoms with van der Waals surface area (Å²) in [7, 11) is 0. The number of nitrogens with zero attached hydrogens (tertiary/aromatic N) is 1. The second-order valence-corrected chi connectivity index (χ2v) is 5.62. The van der Waals surface area contributed by atoms with Gasteiger partial charge in [-0.25, -0.2) is 0 Å². The number of benzene rings is 1. The fourth-order valence-corrected chi connectivity index (χ4v) is 3.06. The molecule has 1 N–H and O–H groups in total. The van der Waals surface area contributed by atoms with Gasteiger partial charge in [0.15, 0.2) is 0 Å². The van der Waals surface area contributed by atoms with Crippen LogP contribution < -0.4 is 5.32 Å². The first-order valence-corrected chi connectivity index (χ1v) is 7.82. The maximum atomic E-state index is 12.8. The van der Waals surface area contributed by atoms with Gasteiger partial charge in [0.1, 0.15) is 0 Å². The van der Waals surface area contributed by atoms with Crippen LogP contribution in [0.1, 0.15) is 55.5 Å². The molecule has 1 aliphatic heterocycles. The van der Waals surface area contributed by atoms with E-state index < -0.39 is 0 Å². The molecular weight excluding hydrogens is 248 g/mol. The third kappa shape index (κ3) is 3.14. The first-order chi connectivity index (χ1) is 9.67. The van der Waals surface area contributed by atoms with Crippen LogP contribution in [0.5, 0.6) is 0 Å². The zero-order valence-corrected chi connectivity index (χ0v) is 12.9. The van der Waals surface area contributed by atoms with E-state index in [0.29, 0.717) is 6.04 Å². The summed E-state index contributed by atoms with van der Waals surface area (Å²) < 4.78 is 0. The molecule has 20 heavy (non-hydrogen) atoms. The van der Waals surface area contributed by atoms with Crippen LogP contribution in [0.15, 0.2) is 18.2 Å². The Morgan fingerprint density at radius 1 is 1.35 bits per heavy atom. The van der Waals surface area contributed by atoms with Crippen molar-refractivity contribution in [3.63, 3.8) is 0 Å². The molecule has 1 heterocycles. The van der Waals surface area contributed by atoms with E-state index in [1.165, 1.54) is 6.42 Å². The summed E-state index contributed by atoms with van der Waals surface area (Å²) in [5, 5.41) is 3.29. The molecule has 0 spiro atoms. The van der Waals surface area contributed by atoms with E-state index in [4.69, 9.17) is 0 Å². The van der Waals surface area contributed by atoms with E-state index in [2.05, 4.69) is 30.1 Å². The number of hydrogen-bond donors (Lipinski definition) is 1. The van der Waals surface area contributed by atoms with Crippen molar-refractivity contribution < 1.29 is 4.79 Å². The molecular formula is C17H26N2O. The van der Waals surface area contributed by atoms with Crippen LogP contribution in [0.3, 0.4) is 0 Å². The highest BCUT2D eigenvalue weighted by Crippen LogP contribution is 2.24. The fraction of sp³-hybridized carbons (Fsp3) is 0.588. The highest BCUT2D eigenvalue weighted by Gasteiger charge is 2.26. The van der Waals surface area contributed by atoms with Gasteiger partial charge >= 0.3 is 0 Å². The van der Waals surface area contributed by atoms with Gasteiger partial charge in [0.2, 0.25) is 0 Å². The number of amides is 1. The van der Waals surface area contributed by atoms with Crippen LogP contribution in [0, 0.1) is 6.92 Å². The summed E-state index contributed by atoms with van der Waals surface area (Å²) in [6.07, 6.45) is 4.59. The van der Waals surface area contributed by atoms with Crippen molar-refractivity contribution in [3.05, 3.63) is 29.3 Å². The van der Waals surface area contributed by atoms with E-state index >= 15 is 0 Å². The van der Waals surface area contributed by atoms with Crippen molar-refractivity contribution in [1.29, 1.82) is 0 Å². The maximum absolute atomic E-state index is 12.8. The molecule has 0 aliphatic carbocycles. The Morgan fingerprint density at radius 2 is 2.15 bits per heavy atom. The maximum Gasteiger partial charge on any atom is 0.254 e. The number of carbonyl (C=O) groups excluding carboxylic acids is 1. The van der Waals surface area contributed by atoms with Crippen LogP contribution in [-0.4, -0.2) is 29.9 Å². The number of hydrogen-bond acceptors (Lipinski definition) is 2. The van der Waals surface area contributed by atoms with Gasteiger partial charge in [-0.15, -0.1) is 0 Å². The quantitative estimate of drug-likeness (QED) is 0.905. The monoisotopic (exact) mass is 274 g/mol. The lowest BCUT2D eigenvalue weighted by atomic mass is 9.97. The number of carbonyl (C=O) groups is 1. The summed E-state index contributed by atoms with van der Waals surface area (Å²) >= 11 is 0. The van der Waals surface area contributed by atoms with Crippen molar-refractivity contribution in [1.82, 2.24) is 4.90 Å². The molecule has 3 nitrogen and oxygen atoms in total. The largest absolute Gasteiger partial charge is 0.385 e. The Kier molecular flexibility index (Phi) is 5.05. The van der Waals surface area contributed by atoms with Crippen molar-refractivity contribution >= 4 is 11.6 Å². The van der Waals surface area contributed by atoms with Crippen molar-refractivity contribution in [2.24, 2.45) is 0 Å². The molecule has 1 fully saturated rings. The van der Waals surface area contributed by atoms with Crippen molar-refractivity contribution in [3.8, 4) is 0 Å². The molecule has 0 radical (unpaired) electrons. The zero-order chi connectivity index (χ0) is 14.5. The summed E-state index contributed by atoms with van der Waals surface area (Å²) in [6.45, 7) is 8.09. The Morgan fingerprint density at radius 3 is 2.80 bits per heavy atom. The molecule has 1 atom stereocenters. The van der Waals surface area contributed by atoms with Crippen LogP contribution in [-0.2, 0) is 0 Å². The highest BCUT2D eigenvalue weighted by atomic mass is 16.2. The molecule has 3 heteroatoms. The zero-order valence-electron chi connectivity index (χ0n) is 12.9. The van der Waals surface area contributed by atoms with E-state index in [1.54, 1.807) is 0 Å². The number of anilines is 1. The van der Waals surface area contributed by atoms with Gasteiger partial charge in [-0.05, 0) is 63.3 Å². The van der Waals surface area contributed by atoms with Gasteiger partial charge in [-0.2, -0.15) is 0 Å². The molecule has 1 amide bonds. The average molecular weight is 274 g/mol. The predicted octanol–water partition coefficient (Wildman–Crippen LogP) is 3.83. The lowest BCUT2D eigenvalue weighted by Gasteiger charge is -2.35. The molecule has 1 aliphatic rings. The summed E-state index contributed by atoms with van der Waals surface area (Å²) in [5.74, 6) is 0.206. The van der Waals surface area contributed by atoms with Crippen LogP contribution in [0.2, 0.25) is 0 Å². The van der Waals surface area contributed by atoms with E-state index in [1.807, 2.05) is 19.1 Å². The fourth-order valence-electron chi connectivity index (χ4n) is 3.06. The van der Waals surface area contributed by atoms with Gasteiger partial charge in [0.05, 0.1) is 0 Å². The standard InChI is InChI=1S/C17H26N2O/c1-4-15-8-6-7-11-19(15)17(20)16-10-9-14(18-5-2)12-13(16)3/h9-10,12,15,18H,4-8,11H2,1-3H3. The Balaban J connectivity index is 2.19. The molecule has 1 aromatic carbocycles. The van der Waals surface area contributed by atoms with Gasteiger partial charge in [0.25, 0.3) is 5.91 Å². The third-order valence-corrected chi connectivity index (χ3v) is 4.20. The Hall–Kier alpha value is -1.51. The van der Waals surface area contributed by atoms with Gasteiger partial charge in [-0.1, -0.05) is 6.92 Å². The summed E-state index contributed by atoms with van der Waals surface area (Å²) in [4.78, 5) is 14.8. The minimum Gasteiger partial charge on any atom is -0.385 e. The Bertz CT molecular complexity index is 470. The lowest BCUT2D eigenvalue weighted by molar-refractivity contribution is 0.0607. The SMILES string of the molecule is CCNc1ccc(C(=O)N2CCCCC2CC)c(C)c1. The molecule has 1 unspecified atom stereocenters. The minimum absolute atomic E-state index is 0.206. The first-order valence-electron chi connectivity index (χ1n) is 7.82. The number of piperidine rings is 1. The summed E-state index contributed by atoms with van der Waals surface area (Å²) in [5.41, 5.74) is 3.01. The van der Waals surface area contributed by atoms with Gasteiger partial charge in [-0.3, -0.25) is 4.79 Å². The molecule has 0 saturated carbocycles. The van der Waals surface area contributed by atoms with E-state index in [-0.39, 0.29) is 5.91 Å².